The first-order valence-corrected chi connectivity index (χ1v) is 11.1. The Morgan fingerprint density at radius 1 is 1.19 bits per heavy atom. The maximum absolute atomic E-state index is 13.0. The van der Waals surface area contributed by atoms with Gasteiger partial charge in [0.1, 0.15) is 6.04 Å². The molecule has 0 spiro atoms. The number of carboxylic acids is 1. The molecule has 2 aliphatic heterocycles. The number of aryl methyl sites for hydroxylation is 1. The van der Waals surface area contributed by atoms with Gasteiger partial charge in [0.05, 0.1) is 23.1 Å². The van der Waals surface area contributed by atoms with E-state index in [4.69, 9.17) is 5.11 Å². The zero-order valence-electron chi connectivity index (χ0n) is 18.2. The highest BCUT2D eigenvalue weighted by Crippen LogP contribution is 2.28. The van der Waals surface area contributed by atoms with Gasteiger partial charge in [-0.25, -0.2) is 4.79 Å². The maximum atomic E-state index is 13.0. The lowest BCUT2D eigenvalue weighted by molar-refractivity contribution is -0.138. The van der Waals surface area contributed by atoms with Crippen LogP contribution >= 0.6 is 0 Å². The zero-order chi connectivity index (χ0) is 22.8. The first-order valence-electron chi connectivity index (χ1n) is 11.1. The number of imide groups is 1. The normalized spacial score (nSPS) is 20.5. The van der Waals surface area contributed by atoms with E-state index in [1.54, 1.807) is 11.6 Å². The van der Waals surface area contributed by atoms with Gasteiger partial charge in [0.2, 0.25) is 11.8 Å². The third-order valence-electron chi connectivity index (χ3n) is 6.55. The fourth-order valence-corrected chi connectivity index (χ4v) is 4.73. The molecule has 2 fully saturated rings. The van der Waals surface area contributed by atoms with E-state index >= 15 is 0 Å². The van der Waals surface area contributed by atoms with Crippen molar-refractivity contribution >= 4 is 34.5 Å². The molecular weight excluding hydrogens is 414 g/mol. The maximum Gasteiger partial charge on any atom is 0.329 e. The molecule has 1 atom stereocenters. The summed E-state index contributed by atoms with van der Waals surface area (Å²) in [6.07, 6.45) is 2.66. The molecule has 0 aliphatic carbocycles. The summed E-state index contributed by atoms with van der Waals surface area (Å²) in [6.45, 7) is 3.11. The van der Waals surface area contributed by atoms with Crippen LogP contribution in [0.2, 0.25) is 0 Å². The van der Waals surface area contributed by atoms with E-state index in [1.165, 1.54) is 4.57 Å². The average Bonchev–Trinajstić information content (AvgIpc) is 3.02. The van der Waals surface area contributed by atoms with E-state index < -0.39 is 17.9 Å². The minimum atomic E-state index is -0.767. The molecule has 4 rings (SSSR count). The van der Waals surface area contributed by atoms with E-state index in [-0.39, 0.29) is 24.4 Å². The number of hydrogen-bond acceptors (Lipinski definition) is 6. The van der Waals surface area contributed by atoms with Crippen LogP contribution < -0.4 is 16.3 Å². The van der Waals surface area contributed by atoms with Crippen molar-refractivity contribution in [1.82, 2.24) is 19.4 Å². The lowest BCUT2D eigenvalue weighted by Gasteiger charge is -2.31. The molecule has 172 valence electrons. The molecule has 32 heavy (non-hydrogen) atoms. The molecule has 2 saturated heterocycles. The minimum absolute atomic E-state index is 0.170. The van der Waals surface area contributed by atoms with Gasteiger partial charge >= 0.3 is 11.7 Å². The second-order valence-electron chi connectivity index (χ2n) is 8.66. The number of fused-ring (bicyclic) bond motifs is 1. The van der Waals surface area contributed by atoms with Crippen molar-refractivity contribution in [3.05, 3.63) is 28.7 Å². The average molecular weight is 444 g/mol. The summed E-state index contributed by atoms with van der Waals surface area (Å²) < 4.78 is 3.04. The van der Waals surface area contributed by atoms with Crippen molar-refractivity contribution < 1.29 is 19.5 Å². The third kappa shape index (κ3) is 4.40. The highest BCUT2D eigenvalue weighted by atomic mass is 16.4. The molecule has 2 amide bonds. The van der Waals surface area contributed by atoms with Crippen molar-refractivity contribution in [1.29, 1.82) is 0 Å². The number of anilines is 1. The fraction of sp³-hybridized carbons (Fsp3) is 0.545. The number of nitrogens with zero attached hydrogens (tertiary/aromatic N) is 3. The highest BCUT2D eigenvalue weighted by Gasteiger charge is 2.31. The van der Waals surface area contributed by atoms with Gasteiger partial charge < -0.3 is 15.3 Å². The summed E-state index contributed by atoms with van der Waals surface area (Å²) in [4.78, 5) is 49.9. The van der Waals surface area contributed by atoms with E-state index in [0.717, 1.165) is 43.7 Å². The van der Waals surface area contributed by atoms with Gasteiger partial charge in [0.25, 0.3) is 0 Å². The molecule has 1 aromatic carbocycles. The Morgan fingerprint density at radius 2 is 1.94 bits per heavy atom. The molecule has 3 N–H and O–H groups in total. The van der Waals surface area contributed by atoms with Crippen molar-refractivity contribution in [2.45, 2.75) is 38.1 Å². The van der Waals surface area contributed by atoms with Crippen LogP contribution in [0, 0.1) is 5.92 Å². The van der Waals surface area contributed by atoms with E-state index in [1.807, 2.05) is 18.2 Å². The molecular formula is C22H29N5O5. The smallest absolute Gasteiger partial charge is 0.329 e. The van der Waals surface area contributed by atoms with Crippen molar-refractivity contribution in [2.75, 3.05) is 31.5 Å². The van der Waals surface area contributed by atoms with Crippen molar-refractivity contribution in [3.8, 4) is 0 Å². The predicted molar refractivity (Wildman–Crippen MR) is 119 cm³/mol. The number of carboxylic acid groups (broad SMARTS) is 1. The van der Waals surface area contributed by atoms with Gasteiger partial charge in [0.15, 0.2) is 0 Å². The molecule has 2 aromatic rings. The number of hydrogen-bond donors (Lipinski definition) is 3. The Labute approximate surface area is 185 Å². The highest BCUT2D eigenvalue weighted by molar-refractivity contribution is 6.00. The largest absolute Gasteiger partial charge is 0.481 e. The quantitative estimate of drug-likeness (QED) is 0.543. The van der Waals surface area contributed by atoms with Crippen LogP contribution in [0.15, 0.2) is 23.0 Å². The second kappa shape index (κ2) is 9.15. The summed E-state index contributed by atoms with van der Waals surface area (Å²) in [7, 11) is 1.69. The van der Waals surface area contributed by atoms with E-state index in [9.17, 15) is 19.2 Å². The van der Waals surface area contributed by atoms with Gasteiger partial charge in [-0.1, -0.05) is 6.07 Å². The molecule has 1 aromatic heterocycles. The van der Waals surface area contributed by atoms with Crippen LogP contribution in [-0.2, 0) is 21.4 Å². The Hall–Kier alpha value is -3.14. The Balaban J connectivity index is 1.48. The number of aliphatic carboxylic acids is 1. The standard InChI is InChI=1S/C22H29N5O5/c1-25-20-15(23-13-14-7-10-26(11-8-14)12-9-19(29)30)3-2-4-16(20)27(22(25)32)17-5-6-18(28)24-21(17)31/h2-4,14,17,23H,5-13H2,1H3,(H,29,30)(H,24,28,31). The second-order valence-corrected chi connectivity index (χ2v) is 8.66. The summed E-state index contributed by atoms with van der Waals surface area (Å²) in [5, 5.41) is 14.7. The number of benzene rings is 1. The number of nitrogens with one attached hydrogen (secondary N) is 2. The lowest BCUT2D eigenvalue weighted by Crippen LogP contribution is -2.44. The van der Waals surface area contributed by atoms with E-state index in [0.29, 0.717) is 24.4 Å². The Bertz CT molecular complexity index is 1100. The minimum Gasteiger partial charge on any atom is -0.481 e. The zero-order valence-corrected chi connectivity index (χ0v) is 18.2. The number of carbonyl (C=O) groups is 3. The van der Waals surface area contributed by atoms with Gasteiger partial charge in [-0.05, 0) is 50.4 Å². The topological polar surface area (TPSA) is 126 Å². The molecule has 0 bridgehead atoms. The van der Waals surface area contributed by atoms with Crippen molar-refractivity contribution in [3.63, 3.8) is 0 Å². The molecule has 3 heterocycles. The number of piperidine rings is 2. The molecule has 1 unspecified atom stereocenters. The molecule has 0 radical (unpaired) electrons. The van der Waals surface area contributed by atoms with Crippen LogP contribution in [0.1, 0.15) is 38.1 Å². The van der Waals surface area contributed by atoms with Crippen molar-refractivity contribution in [2.24, 2.45) is 13.0 Å². The first kappa shape index (κ1) is 22.1. The van der Waals surface area contributed by atoms with Gasteiger partial charge in [-0.3, -0.25) is 28.8 Å². The fourth-order valence-electron chi connectivity index (χ4n) is 4.73. The summed E-state index contributed by atoms with van der Waals surface area (Å²) in [5.74, 6) is -1.06. The number of imidazole rings is 1. The van der Waals surface area contributed by atoms with Gasteiger partial charge in [-0.2, -0.15) is 0 Å². The van der Waals surface area contributed by atoms with Crippen LogP contribution in [0.3, 0.4) is 0 Å². The molecule has 10 nitrogen and oxygen atoms in total. The molecule has 0 saturated carbocycles. The number of likely N-dealkylation sites (tertiary alicyclic amines) is 1. The summed E-state index contributed by atoms with van der Waals surface area (Å²) >= 11 is 0. The van der Waals surface area contributed by atoms with E-state index in [2.05, 4.69) is 15.5 Å². The molecule has 10 heteroatoms. The number of rotatable bonds is 7. The van der Waals surface area contributed by atoms with Gasteiger partial charge in [0, 0.05) is 26.6 Å². The third-order valence-corrected chi connectivity index (χ3v) is 6.55. The summed E-state index contributed by atoms with van der Waals surface area (Å²) in [5.41, 5.74) is 1.96. The monoisotopic (exact) mass is 443 g/mol. The van der Waals surface area contributed by atoms with Crippen LogP contribution in [0.5, 0.6) is 0 Å². The Kier molecular flexibility index (Phi) is 6.31. The van der Waals surface area contributed by atoms with Gasteiger partial charge in [-0.15, -0.1) is 0 Å². The number of carbonyl (C=O) groups excluding carboxylic acids is 2. The predicted octanol–water partition coefficient (Wildman–Crippen LogP) is 0.916. The number of amides is 2. The lowest BCUT2D eigenvalue weighted by atomic mass is 9.96. The van der Waals surface area contributed by atoms with Crippen LogP contribution in [-0.4, -0.2) is 63.1 Å². The SMILES string of the molecule is Cn1c(=O)n(C2CCC(=O)NC2=O)c2cccc(NCC3CCN(CCC(=O)O)CC3)c21. The molecule has 2 aliphatic rings. The van der Waals surface area contributed by atoms with Crippen LogP contribution in [0.25, 0.3) is 11.0 Å². The number of aromatic nitrogens is 2. The van der Waals surface area contributed by atoms with Crippen LogP contribution in [0.4, 0.5) is 5.69 Å². The summed E-state index contributed by atoms with van der Waals surface area (Å²) in [6, 6.07) is 4.92. The first-order chi connectivity index (χ1) is 15.3. The number of para-hydroxylation sites is 1. The Morgan fingerprint density at radius 3 is 2.62 bits per heavy atom.